The van der Waals surface area contributed by atoms with Crippen molar-refractivity contribution < 1.29 is 8.42 Å². The minimum Gasteiger partial charge on any atom is -0.324 e. The second kappa shape index (κ2) is 4.78. The van der Waals surface area contributed by atoms with Crippen molar-refractivity contribution in [2.24, 2.45) is 10.9 Å². The van der Waals surface area contributed by atoms with Crippen molar-refractivity contribution in [2.75, 3.05) is 0 Å². The van der Waals surface area contributed by atoms with Crippen LogP contribution in [0.5, 0.6) is 0 Å². The Morgan fingerprint density at radius 3 is 2.56 bits per heavy atom. The van der Waals surface area contributed by atoms with Crippen LogP contribution in [0.25, 0.3) is 6.08 Å². The molecular formula is C11H16N2O2S. The molecule has 0 aliphatic heterocycles. The third-order valence-electron chi connectivity index (χ3n) is 2.27. The smallest absolute Gasteiger partial charge is 0.213 e. The summed E-state index contributed by atoms with van der Waals surface area (Å²) in [6, 6.07) is 5.26. The largest absolute Gasteiger partial charge is 0.324 e. The Labute approximate surface area is 96.0 Å². The van der Waals surface area contributed by atoms with Gasteiger partial charge in [0, 0.05) is 6.04 Å². The zero-order valence-electron chi connectivity index (χ0n) is 9.18. The molecule has 1 rings (SSSR count). The highest BCUT2D eigenvalue weighted by Crippen LogP contribution is 2.18. The summed E-state index contributed by atoms with van der Waals surface area (Å²) in [5, 5.41) is 5.00. The quantitative estimate of drug-likeness (QED) is 0.827. The average Bonchev–Trinajstić information content (AvgIpc) is 2.15. The second-order valence-electron chi connectivity index (χ2n) is 3.76. The number of rotatable bonds is 4. The van der Waals surface area contributed by atoms with E-state index in [1.54, 1.807) is 18.2 Å². The molecule has 5 heteroatoms. The summed E-state index contributed by atoms with van der Waals surface area (Å²) in [4.78, 5) is 0. The van der Waals surface area contributed by atoms with Gasteiger partial charge in [-0.3, -0.25) is 0 Å². The molecule has 0 saturated carbocycles. The summed E-state index contributed by atoms with van der Waals surface area (Å²) in [7, 11) is -3.52. The maximum Gasteiger partial charge on any atom is 0.213 e. The molecule has 0 unspecified atom stereocenters. The predicted molar refractivity (Wildman–Crippen MR) is 65.9 cm³/mol. The van der Waals surface area contributed by atoms with Gasteiger partial charge in [0.05, 0.1) is 5.75 Å². The number of hydrogen-bond acceptors (Lipinski definition) is 3. The van der Waals surface area contributed by atoms with Crippen molar-refractivity contribution in [1.29, 1.82) is 0 Å². The van der Waals surface area contributed by atoms with Gasteiger partial charge in [0.2, 0.25) is 10.0 Å². The third-order valence-corrected chi connectivity index (χ3v) is 2.99. The van der Waals surface area contributed by atoms with E-state index in [0.717, 1.165) is 11.1 Å². The first-order chi connectivity index (χ1) is 7.33. The monoisotopic (exact) mass is 240 g/mol. The first-order valence-electron chi connectivity index (χ1n) is 4.85. The molecular weight excluding hydrogens is 224 g/mol. The number of primary sulfonamides is 1. The summed E-state index contributed by atoms with van der Waals surface area (Å²) < 4.78 is 22.0. The normalized spacial score (nSPS) is 13.4. The molecule has 88 valence electrons. The maximum atomic E-state index is 11.0. The Bertz CT molecular complexity index is 493. The molecule has 0 aliphatic rings. The van der Waals surface area contributed by atoms with E-state index >= 15 is 0 Å². The van der Waals surface area contributed by atoms with Gasteiger partial charge in [0.1, 0.15) is 0 Å². The lowest BCUT2D eigenvalue weighted by Gasteiger charge is -2.10. The fraction of sp³-hybridized carbons (Fsp3) is 0.273. The molecule has 1 aromatic rings. The lowest BCUT2D eigenvalue weighted by atomic mass is 10.0. The fourth-order valence-corrected chi connectivity index (χ4v) is 2.13. The van der Waals surface area contributed by atoms with Gasteiger partial charge in [-0.1, -0.05) is 24.8 Å². The molecule has 0 radical (unpaired) electrons. The maximum absolute atomic E-state index is 11.0. The van der Waals surface area contributed by atoms with E-state index in [9.17, 15) is 8.42 Å². The Morgan fingerprint density at radius 1 is 1.50 bits per heavy atom. The van der Waals surface area contributed by atoms with Crippen LogP contribution in [-0.2, 0) is 15.8 Å². The number of nitrogens with two attached hydrogens (primary N) is 2. The van der Waals surface area contributed by atoms with Crippen molar-refractivity contribution in [1.82, 2.24) is 0 Å². The van der Waals surface area contributed by atoms with Crippen molar-refractivity contribution >= 4 is 16.1 Å². The highest BCUT2D eigenvalue weighted by molar-refractivity contribution is 7.88. The molecule has 0 amide bonds. The van der Waals surface area contributed by atoms with E-state index in [2.05, 4.69) is 6.58 Å². The van der Waals surface area contributed by atoms with Crippen LogP contribution in [0.4, 0.5) is 0 Å². The Hall–Kier alpha value is -1.17. The molecule has 0 saturated heterocycles. The Kier molecular flexibility index (Phi) is 3.85. The Balaban J connectivity index is 3.17. The number of benzene rings is 1. The molecule has 1 atom stereocenters. The van der Waals surface area contributed by atoms with Crippen molar-refractivity contribution in [3.8, 4) is 0 Å². The molecule has 0 bridgehead atoms. The van der Waals surface area contributed by atoms with Crippen LogP contribution in [-0.4, -0.2) is 8.42 Å². The van der Waals surface area contributed by atoms with Crippen LogP contribution >= 0.6 is 0 Å². The highest BCUT2D eigenvalue weighted by Gasteiger charge is 2.10. The van der Waals surface area contributed by atoms with E-state index in [4.69, 9.17) is 10.9 Å². The van der Waals surface area contributed by atoms with Crippen LogP contribution in [0.2, 0.25) is 0 Å². The van der Waals surface area contributed by atoms with Crippen molar-refractivity contribution in [3.63, 3.8) is 0 Å². The van der Waals surface area contributed by atoms with E-state index < -0.39 is 10.0 Å². The second-order valence-corrected chi connectivity index (χ2v) is 5.37. The zero-order valence-corrected chi connectivity index (χ0v) is 10.00. The average molecular weight is 240 g/mol. The topological polar surface area (TPSA) is 86.2 Å². The minimum absolute atomic E-state index is 0.0952. The van der Waals surface area contributed by atoms with Crippen LogP contribution in [0.1, 0.15) is 29.7 Å². The van der Waals surface area contributed by atoms with Crippen LogP contribution in [0.15, 0.2) is 24.8 Å². The number of sulfonamides is 1. The molecule has 4 nitrogen and oxygen atoms in total. The van der Waals surface area contributed by atoms with Crippen LogP contribution in [0.3, 0.4) is 0 Å². The van der Waals surface area contributed by atoms with Crippen molar-refractivity contribution in [2.45, 2.75) is 18.7 Å². The van der Waals surface area contributed by atoms with Gasteiger partial charge >= 0.3 is 0 Å². The van der Waals surface area contributed by atoms with Gasteiger partial charge in [-0.05, 0) is 29.7 Å². The lowest BCUT2D eigenvalue weighted by molar-refractivity contribution is 0.597. The molecule has 0 spiro atoms. The minimum atomic E-state index is -3.52. The van der Waals surface area contributed by atoms with Gasteiger partial charge < -0.3 is 5.73 Å². The summed E-state index contributed by atoms with van der Waals surface area (Å²) in [5.74, 6) is -0.187. The SMILES string of the molecule is C=Cc1cc([C@@H](C)N)ccc1CS(N)(=O)=O. The van der Waals surface area contributed by atoms with Gasteiger partial charge in [0.25, 0.3) is 0 Å². The number of hydrogen-bond donors (Lipinski definition) is 2. The first-order valence-corrected chi connectivity index (χ1v) is 6.56. The van der Waals surface area contributed by atoms with Crippen molar-refractivity contribution in [3.05, 3.63) is 41.5 Å². The summed E-state index contributed by atoms with van der Waals surface area (Å²) in [6.07, 6.45) is 1.60. The Morgan fingerprint density at radius 2 is 2.12 bits per heavy atom. The van der Waals surface area contributed by atoms with Gasteiger partial charge in [-0.15, -0.1) is 0 Å². The standard InChI is InChI=1S/C11H16N2O2S/c1-3-9-6-10(8(2)12)4-5-11(9)7-16(13,14)15/h3-6,8H,1,7,12H2,2H3,(H2,13,14,15)/t8-/m1/s1. The van der Waals surface area contributed by atoms with Gasteiger partial charge in [-0.2, -0.15) is 0 Å². The summed E-state index contributed by atoms with van der Waals surface area (Å²) >= 11 is 0. The molecule has 0 aliphatic carbocycles. The first kappa shape index (κ1) is 12.9. The molecule has 0 heterocycles. The lowest BCUT2D eigenvalue weighted by Crippen LogP contribution is -2.15. The van der Waals surface area contributed by atoms with Gasteiger partial charge in [-0.25, -0.2) is 13.6 Å². The summed E-state index contributed by atoms with van der Waals surface area (Å²) in [5.41, 5.74) is 8.07. The van der Waals surface area contributed by atoms with Gasteiger partial charge in [0.15, 0.2) is 0 Å². The summed E-state index contributed by atoms with van der Waals surface area (Å²) in [6.45, 7) is 5.51. The zero-order chi connectivity index (χ0) is 12.3. The van der Waals surface area contributed by atoms with Crippen LogP contribution < -0.4 is 10.9 Å². The van der Waals surface area contributed by atoms with E-state index in [0.29, 0.717) is 5.56 Å². The van der Waals surface area contributed by atoms with Crippen LogP contribution in [0, 0.1) is 0 Å². The highest BCUT2D eigenvalue weighted by atomic mass is 32.2. The van der Waals surface area contributed by atoms with E-state index in [1.165, 1.54) is 0 Å². The molecule has 4 N–H and O–H groups in total. The predicted octanol–water partition coefficient (Wildman–Crippen LogP) is 1.14. The molecule has 0 fully saturated rings. The molecule has 1 aromatic carbocycles. The third kappa shape index (κ3) is 3.44. The van der Waals surface area contributed by atoms with E-state index in [-0.39, 0.29) is 11.8 Å². The fourth-order valence-electron chi connectivity index (χ4n) is 1.43. The molecule has 16 heavy (non-hydrogen) atoms. The molecule has 0 aromatic heterocycles. The van der Waals surface area contributed by atoms with E-state index in [1.807, 2.05) is 13.0 Å².